The van der Waals surface area contributed by atoms with Crippen molar-refractivity contribution < 1.29 is 18.7 Å². The van der Waals surface area contributed by atoms with E-state index in [1.807, 2.05) is 30.3 Å². The number of carboxylic acid groups (broad SMARTS) is 1. The van der Waals surface area contributed by atoms with Crippen LogP contribution in [0.1, 0.15) is 18.4 Å². The molecule has 1 aromatic carbocycles. The van der Waals surface area contributed by atoms with E-state index in [-0.39, 0.29) is 6.54 Å². The monoisotopic (exact) mass is 270 g/mol. The van der Waals surface area contributed by atoms with Gasteiger partial charge >= 0.3 is 5.97 Å². The summed E-state index contributed by atoms with van der Waals surface area (Å²) in [7, 11) is 0. The molecule has 0 saturated carbocycles. The van der Waals surface area contributed by atoms with Crippen LogP contribution >= 0.6 is 0 Å². The molecule has 18 heavy (non-hydrogen) atoms. The zero-order chi connectivity index (χ0) is 13.4. The highest BCUT2D eigenvalue weighted by atomic mass is 32.2. The van der Waals surface area contributed by atoms with Crippen molar-refractivity contribution in [3.05, 3.63) is 35.9 Å². The third kappa shape index (κ3) is 5.90. The molecular formula is C12H16NO4S-. The van der Waals surface area contributed by atoms with E-state index in [4.69, 9.17) is 5.11 Å². The molecule has 6 heteroatoms. The Morgan fingerprint density at radius 3 is 2.50 bits per heavy atom. The lowest BCUT2D eigenvalue weighted by Crippen LogP contribution is -2.32. The van der Waals surface area contributed by atoms with Crippen molar-refractivity contribution >= 4 is 17.2 Å². The van der Waals surface area contributed by atoms with E-state index in [9.17, 15) is 13.6 Å². The molecule has 0 aliphatic rings. The Bertz CT molecular complexity index is 396. The molecule has 0 aliphatic heterocycles. The highest BCUT2D eigenvalue weighted by Gasteiger charge is 2.09. The standard InChI is InChI=1S/C12H17NO4S/c14-12(15)10-13(18(16)17)9-5-4-8-11-6-2-1-3-7-11/h1-3,6-7H,4-5,8-10H2,(H,14,15)(H,16,17)/p-1. The molecule has 1 aromatic rings. The van der Waals surface area contributed by atoms with Crippen molar-refractivity contribution in [3.63, 3.8) is 0 Å². The maximum absolute atomic E-state index is 10.8. The Hall–Kier alpha value is -1.24. The smallest absolute Gasteiger partial charge is 0.318 e. The number of hydrogen-bond acceptors (Lipinski definition) is 3. The fourth-order valence-electron chi connectivity index (χ4n) is 1.62. The van der Waals surface area contributed by atoms with E-state index < -0.39 is 23.8 Å². The van der Waals surface area contributed by atoms with Crippen LogP contribution in [-0.4, -0.2) is 37.2 Å². The van der Waals surface area contributed by atoms with Gasteiger partial charge in [-0.3, -0.25) is 9.00 Å². The van der Waals surface area contributed by atoms with Gasteiger partial charge in [-0.15, -0.1) is 0 Å². The number of carbonyl (C=O) groups is 1. The van der Waals surface area contributed by atoms with Gasteiger partial charge < -0.3 is 9.66 Å². The minimum atomic E-state index is -2.47. The summed E-state index contributed by atoms with van der Waals surface area (Å²) in [5, 5.41) is 8.55. The summed E-state index contributed by atoms with van der Waals surface area (Å²) in [6.07, 6.45) is 2.35. The first-order chi connectivity index (χ1) is 8.59. The zero-order valence-corrected chi connectivity index (χ0v) is 10.8. The average Bonchev–Trinajstić information content (AvgIpc) is 2.33. The second kappa shape index (κ2) is 7.97. The Labute approximate surface area is 109 Å². The molecule has 1 atom stereocenters. The molecule has 0 aromatic heterocycles. The van der Waals surface area contributed by atoms with E-state index in [0.717, 1.165) is 17.1 Å². The molecule has 0 heterocycles. The molecule has 0 fully saturated rings. The number of hydrogen-bond donors (Lipinski definition) is 1. The molecule has 0 saturated heterocycles. The van der Waals surface area contributed by atoms with Crippen molar-refractivity contribution in [2.45, 2.75) is 19.3 Å². The third-order valence-corrected chi connectivity index (χ3v) is 3.22. The largest absolute Gasteiger partial charge is 0.760 e. The lowest BCUT2D eigenvalue weighted by Gasteiger charge is -2.21. The summed E-state index contributed by atoms with van der Waals surface area (Å²) in [5.41, 5.74) is 1.20. The maximum Gasteiger partial charge on any atom is 0.318 e. The molecular weight excluding hydrogens is 254 g/mol. The first-order valence-electron chi connectivity index (χ1n) is 5.69. The number of aliphatic carboxylic acids is 1. The molecule has 0 radical (unpaired) electrons. The second-order valence-electron chi connectivity index (χ2n) is 3.92. The van der Waals surface area contributed by atoms with Gasteiger partial charge in [0.1, 0.15) is 6.54 Å². The summed E-state index contributed by atoms with van der Waals surface area (Å²) >= 11 is -2.47. The molecule has 5 nitrogen and oxygen atoms in total. The second-order valence-corrected chi connectivity index (χ2v) is 4.87. The van der Waals surface area contributed by atoms with Crippen molar-refractivity contribution in [3.8, 4) is 0 Å². The minimum absolute atomic E-state index is 0.245. The minimum Gasteiger partial charge on any atom is -0.760 e. The summed E-state index contributed by atoms with van der Waals surface area (Å²) in [6.45, 7) is -0.226. The van der Waals surface area contributed by atoms with Crippen molar-refractivity contribution in [1.82, 2.24) is 4.31 Å². The van der Waals surface area contributed by atoms with Gasteiger partial charge in [-0.05, 0) is 24.8 Å². The van der Waals surface area contributed by atoms with E-state index in [2.05, 4.69) is 0 Å². The van der Waals surface area contributed by atoms with Crippen LogP contribution in [0, 0.1) is 0 Å². The molecule has 0 aliphatic carbocycles. The van der Waals surface area contributed by atoms with E-state index in [0.29, 0.717) is 6.42 Å². The van der Waals surface area contributed by atoms with Gasteiger partial charge in [0.2, 0.25) is 0 Å². The number of rotatable bonds is 8. The zero-order valence-electron chi connectivity index (χ0n) is 9.95. The molecule has 0 amide bonds. The maximum atomic E-state index is 10.8. The number of carboxylic acids is 1. The van der Waals surface area contributed by atoms with Gasteiger partial charge in [-0.25, -0.2) is 4.31 Å². The molecule has 1 unspecified atom stereocenters. The Morgan fingerprint density at radius 2 is 1.94 bits per heavy atom. The Kier molecular flexibility index (Phi) is 6.56. The van der Waals surface area contributed by atoms with Gasteiger partial charge in [0.25, 0.3) is 0 Å². The highest BCUT2D eigenvalue weighted by Crippen LogP contribution is 2.06. The normalized spacial score (nSPS) is 12.6. The van der Waals surface area contributed by atoms with Crippen LogP contribution in [-0.2, 0) is 22.5 Å². The van der Waals surface area contributed by atoms with Crippen LogP contribution < -0.4 is 0 Å². The fourth-order valence-corrected chi connectivity index (χ4v) is 2.11. The fraction of sp³-hybridized carbons (Fsp3) is 0.417. The molecule has 100 valence electrons. The van der Waals surface area contributed by atoms with E-state index >= 15 is 0 Å². The lowest BCUT2D eigenvalue weighted by molar-refractivity contribution is -0.137. The number of aryl methyl sites for hydroxylation is 1. The number of unbranched alkanes of at least 4 members (excludes halogenated alkanes) is 1. The van der Waals surface area contributed by atoms with Gasteiger partial charge in [0.05, 0.1) is 0 Å². The summed E-state index contributed by atoms with van der Waals surface area (Å²) in [4.78, 5) is 10.5. The molecule has 1 rings (SSSR count). The van der Waals surface area contributed by atoms with E-state index in [1.165, 1.54) is 5.56 Å². The lowest BCUT2D eigenvalue weighted by atomic mass is 10.1. The quantitative estimate of drug-likeness (QED) is 0.568. The number of benzene rings is 1. The SMILES string of the molecule is O=C(O)CN(CCCCc1ccccc1)S(=O)[O-]. The van der Waals surface area contributed by atoms with Gasteiger partial charge in [0, 0.05) is 17.8 Å². The first kappa shape index (κ1) is 14.8. The van der Waals surface area contributed by atoms with Crippen LogP contribution in [0.5, 0.6) is 0 Å². The third-order valence-electron chi connectivity index (χ3n) is 2.49. The topological polar surface area (TPSA) is 80.7 Å². The molecule has 0 spiro atoms. The summed E-state index contributed by atoms with van der Waals surface area (Å²) in [6, 6.07) is 9.89. The predicted molar refractivity (Wildman–Crippen MR) is 67.5 cm³/mol. The van der Waals surface area contributed by atoms with Crippen molar-refractivity contribution in [1.29, 1.82) is 0 Å². The average molecular weight is 270 g/mol. The molecule has 0 bridgehead atoms. The highest BCUT2D eigenvalue weighted by molar-refractivity contribution is 7.76. The van der Waals surface area contributed by atoms with Crippen LogP contribution in [0.2, 0.25) is 0 Å². The van der Waals surface area contributed by atoms with Gasteiger partial charge in [0.15, 0.2) is 0 Å². The van der Waals surface area contributed by atoms with Crippen molar-refractivity contribution in [2.24, 2.45) is 0 Å². The summed E-state index contributed by atoms with van der Waals surface area (Å²) in [5.74, 6) is -1.14. The Balaban J connectivity index is 2.27. The first-order valence-corrected chi connectivity index (χ1v) is 6.73. The van der Waals surface area contributed by atoms with Crippen LogP contribution in [0.15, 0.2) is 30.3 Å². The van der Waals surface area contributed by atoms with Crippen LogP contribution in [0.3, 0.4) is 0 Å². The van der Waals surface area contributed by atoms with Gasteiger partial charge in [-0.2, -0.15) is 0 Å². The van der Waals surface area contributed by atoms with Crippen LogP contribution in [0.4, 0.5) is 0 Å². The summed E-state index contributed by atoms with van der Waals surface area (Å²) < 4.78 is 22.4. The predicted octanol–water partition coefficient (Wildman–Crippen LogP) is 1.19. The number of nitrogens with zero attached hydrogens (tertiary/aromatic N) is 1. The Morgan fingerprint density at radius 1 is 1.28 bits per heavy atom. The van der Waals surface area contributed by atoms with Crippen molar-refractivity contribution in [2.75, 3.05) is 13.1 Å². The van der Waals surface area contributed by atoms with Gasteiger partial charge in [-0.1, -0.05) is 30.3 Å². The molecule has 1 N–H and O–H groups in total. The van der Waals surface area contributed by atoms with Crippen LogP contribution in [0.25, 0.3) is 0 Å². The van der Waals surface area contributed by atoms with E-state index in [1.54, 1.807) is 0 Å².